The Hall–Kier alpha value is -1.55. The lowest BCUT2D eigenvalue weighted by atomic mass is 10.2. The maximum atomic E-state index is 12.8. The highest BCUT2D eigenvalue weighted by atomic mass is 19.3. The third-order valence-electron chi connectivity index (χ3n) is 2.27. The fourth-order valence-corrected chi connectivity index (χ4v) is 1.47. The van der Waals surface area contributed by atoms with Crippen LogP contribution in [0.15, 0.2) is 0 Å². The van der Waals surface area contributed by atoms with Crippen molar-refractivity contribution >= 4 is 0 Å². The fourth-order valence-electron chi connectivity index (χ4n) is 1.47. The molecule has 0 amide bonds. The van der Waals surface area contributed by atoms with Crippen molar-refractivity contribution in [2.24, 2.45) is 0 Å². The summed E-state index contributed by atoms with van der Waals surface area (Å²) in [6.45, 7) is 0.950. The van der Waals surface area contributed by atoms with E-state index in [9.17, 15) is 8.78 Å². The average molecular weight is 244 g/mol. The maximum Gasteiger partial charge on any atom is 0.281 e. The van der Waals surface area contributed by atoms with Gasteiger partial charge in [0.25, 0.3) is 6.43 Å². The molecule has 1 rings (SSSR count). The zero-order valence-electron chi connectivity index (χ0n) is 9.57. The van der Waals surface area contributed by atoms with Gasteiger partial charge >= 0.3 is 0 Å². The Morgan fingerprint density at radius 3 is 2.82 bits per heavy atom. The van der Waals surface area contributed by atoms with Crippen LogP contribution in [0.4, 0.5) is 8.78 Å². The van der Waals surface area contributed by atoms with Crippen molar-refractivity contribution in [1.82, 2.24) is 15.0 Å². The third-order valence-corrected chi connectivity index (χ3v) is 2.27. The van der Waals surface area contributed by atoms with E-state index < -0.39 is 6.43 Å². The zero-order valence-corrected chi connectivity index (χ0v) is 9.57. The second-order valence-corrected chi connectivity index (χ2v) is 3.48. The summed E-state index contributed by atoms with van der Waals surface area (Å²) in [5, 5.41) is 15.7. The molecule has 0 aliphatic heterocycles. The van der Waals surface area contributed by atoms with Crippen LogP contribution in [0.5, 0.6) is 0 Å². The molecule has 0 saturated carbocycles. The van der Waals surface area contributed by atoms with Crippen LogP contribution in [0.1, 0.15) is 30.7 Å². The van der Waals surface area contributed by atoms with Crippen molar-refractivity contribution in [1.29, 1.82) is 5.26 Å². The Balaban J connectivity index is 2.68. The lowest BCUT2D eigenvalue weighted by molar-refractivity contribution is 0.137. The molecule has 5 nitrogen and oxygen atoms in total. The molecule has 17 heavy (non-hydrogen) atoms. The van der Waals surface area contributed by atoms with Crippen LogP contribution >= 0.6 is 0 Å². The number of nitrogens with zero attached hydrogens (tertiary/aromatic N) is 4. The molecule has 0 N–H and O–H groups in total. The molecular weight excluding hydrogens is 230 g/mol. The first kappa shape index (κ1) is 13.5. The first-order chi connectivity index (χ1) is 8.20. The number of hydrogen-bond donors (Lipinski definition) is 0. The van der Waals surface area contributed by atoms with E-state index in [1.165, 1.54) is 4.68 Å². The van der Waals surface area contributed by atoms with Crippen LogP contribution in [0.2, 0.25) is 0 Å². The summed E-state index contributed by atoms with van der Waals surface area (Å²) < 4.78 is 31.6. The second-order valence-electron chi connectivity index (χ2n) is 3.48. The van der Waals surface area contributed by atoms with E-state index in [2.05, 4.69) is 10.3 Å². The van der Waals surface area contributed by atoms with Crippen LogP contribution < -0.4 is 0 Å². The van der Waals surface area contributed by atoms with Crippen molar-refractivity contribution in [3.63, 3.8) is 0 Å². The van der Waals surface area contributed by atoms with Crippen LogP contribution in [0, 0.1) is 11.3 Å². The predicted octanol–water partition coefficient (Wildman–Crippen LogP) is 1.71. The quantitative estimate of drug-likeness (QED) is 0.685. The lowest BCUT2D eigenvalue weighted by Crippen LogP contribution is -2.07. The first-order valence-corrected chi connectivity index (χ1v) is 5.27. The fraction of sp³-hybridized carbons (Fsp3) is 0.700. The van der Waals surface area contributed by atoms with E-state index in [-0.39, 0.29) is 17.8 Å². The van der Waals surface area contributed by atoms with Gasteiger partial charge in [0, 0.05) is 20.3 Å². The molecule has 1 aromatic heterocycles. The molecule has 0 spiro atoms. The number of alkyl halides is 2. The maximum absolute atomic E-state index is 12.8. The lowest BCUT2D eigenvalue weighted by Gasteiger charge is -2.06. The molecule has 94 valence electrons. The van der Waals surface area contributed by atoms with E-state index in [0.29, 0.717) is 19.6 Å². The van der Waals surface area contributed by atoms with Gasteiger partial charge in [-0.25, -0.2) is 13.5 Å². The summed E-state index contributed by atoms with van der Waals surface area (Å²) in [6.07, 6.45) is -1.34. The number of ether oxygens (including phenoxy) is 1. The van der Waals surface area contributed by atoms with Gasteiger partial charge in [-0.15, -0.1) is 5.10 Å². The van der Waals surface area contributed by atoms with Crippen molar-refractivity contribution < 1.29 is 13.5 Å². The summed E-state index contributed by atoms with van der Waals surface area (Å²) in [7, 11) is 1.59. The van der Waals surface area contributed by atoms with Gasteiger partial charge < -0.3 is 4.74 Å². The van der Waals surface area contributed by atoms with Crippen molar-refractivity contribution in [3.8, 4) is 6.07 Å². The largest absolute Gasteiger partial charge is 0.385 e. The molecule has 0 aliphatic carbocycles. The molecule has 0 atom stereocenters. The molecule has 0 fully saturated rings. The predicted molar refractivity (Wildman–Crippen MR) is 55.4 cm³/mol. The van der Waals surface area contributed by atoms with E-state index >= 15 is 0 Å². The van der Waals surface area contributed by atoms with Gasteiger partial charge in [0.15, 0.2) is 0 Å². The van der Waals surface area contributed by atoms with Crippen LogP contribution in [-0.4, -0.2) is 28.7 Å². The molecule has 0 radical (unpaired) electrons. The molecular formula is C10H14F2N4O. The summed E-state index contributed by atoms with van der Waals surface area (Å²) >= 11 is 0. The van der Waals surface area contributed by atoms with Gasteiger partial charge in [0.05, 0.1) is 12.5 Å². The smallest absolute Gasteiger partial charge is 0.281 e. The van der Waals surface area contributed by atoms with E-state index in [1.807, 2.05) is 0 Å². The number of rotatable bonds is 7. The number of nitriles is 1. The molecule has 0 aliphatic rings. The zero-order chi connectivity index (χ0) is 12.7. The summed E-state index contributed by atoms with van der Waals surface area (Å²) in [5.41, 5.74) is -0.182. The Morgan fingerprint density at radius 2 is 2.24 bits per heavy atom. The van der Waals surface area contributed by atoms with Gasteiger partial charge in [-0.2, -0.15) is 5.26 Å². The standard InChI is InChI=1S/C10H14F2N4O/c1-17-7-3-2-6-16-9(10(11)12)8(4-5-13)14-15-16/h10H,2-4,6-7H2,1H3. The monoisotopic (exact) mass is 244 g/mol. The Morgan fingerprint density at radius 1 is 1.47 bits per heavy atom. The highest BCUT2D eigenvalue weighted by Crippen LogP contribution is 2.21. The SMILES string of the molecule is COCCCCn1nnc(CC#N)c1C(F)F. The Kier molecular flexibility index (Phi) is 5.49. The summed E-state index contributed by atoms with van der Waals surface area (Å²) in [4.78, 5) is 0. The van der Waals surface area contributed by atoms with Crippen molar-refractivity contribution in [3.05, 3.63) is 11.4 Å². The molecule has 7 heteroatoms. The van der Waals surface area contributed by atoms with E-state index in [4.69, 9.17) is 10.00 Å². The van der Waals surface area contributed by atoms with Gasteiger partial charge in [-0.1, -0.05) is 5.21 Å². The van der Waals surface area contributed by atoms with Crippen LogP contribution in [0.25, 0.3) is 0 Å². The Labute approximate surface area is 98.0 Å². The normalized spacial score (nSPS) is 10.8. The van der Waals surface area contributed by atoms with Crippen LogP contribution in [-0.2, 0) is 17.7 Å². The highest BCUT2D eigenvalue weighted by Gasteiger charge is 2.21. The average Bonchev–Trinajstić information content (AvgIpc) is 2.68. The highest BCUT2D eigenvalue weighted by molar-refractivity contribution is 5.15. The molecule has 0 saturated heterocycles. The minimum atomic E-state index is -2.66. The number of unbranched alkanes of at least 4 members (excludes halogenated alkanes) is 1. The van der Waals surface area contributed by atoms with E-state index in [0.717, 1.165) is 6.42 Å². The van der Waals surface area contributed by atoms with Crippen molar-refractivity contribution in [2.45, 2.75) is 32.2 Å². The molecule has 0 unspecified atom stereocenters. The minimum absolute atomic E-state index is 0.0641. The second kappa shape index (κ2) is 6.91. The van der Waals surface area contributed by atoms with Gasteiger partial charge in [0.1, 0.15) is 11.4 Å². The number of hydrogen-bond acceptors (Lipinski definition) is 4. The number of aromatic nitrogens is 3. The molecule has 1 heterocycles. The molecule has 0 bridgehead atoms. The topological polar surface area (TPSA) is 63.7 Å². The summed E-state index contributed by atoms with van der Waals surface area (Å²) in [6, 6.07) is 1.80. The Bertz CT molecular complexity index is 386. The van der Waals surface area contributed by atoms with E-state index in [1.54, 1.807) is 13.2 Å². The summed E-state index contributed by atoms with van der Waals surface area (Å²) in [5.74, 6) is 0. The van der Waals surface area contributed by atoms with Crippen LogP contribution in [0.3, 0.4) is 0 Å². The minimum Gasteiger partial charge on any atom is -0.385 e. The number of halogens is 2. The van der Waals surface area contributed by atoms with Gasteiger partial charge in [0.2, 0.25) is 0 Å². The van der Waals surface area contributed by atoms with Gasteiger partial charge in [-0.05, 0) is 12.8 Å². The molecule has 1 aromatic rings. The first-order valence-electron chi connectivity index (χ1n) is 5.27. The van der Waals surface area contributed by atoms with Crippen molar-refractivity contribution in [2.75, 3.05) is 13.7 Å². The number of methoxy groups -OCH3 is 1. The number of aryl methyl sites for hydroxylation is 1. The van der Waals surface area contributed by atoms with Gasteiger partial charge in [-0.3, -0.25) is 0 Å². The molecule has 0 aromatic carbocycles. The third kappa shape index (κ3) is 3.75.